The number of carboxylic acid groups (broad SMARTS) is 1. The molecule has 13 N–H and O–H groups in total. The molecule has 6 aromatic heterocycles. The second-order valence-corrected chi connectivity index (χ2v) is 29.5. The van der Waals surface area contributed by atoms with Crippen molar-refractivity contribution in [3.8, 4) is 80.0 Å². The maximum Gasteiger partial charge on any atom is 0.348 e. The fourth-order valence-electron chi connectivity index (χ4n) is 14.3. The molecule has 0 atom stereocenters. The third kappa shape index (κ3) is 18.9. The summed E-state index contributed by atoms with van der Waals surface area (Å²) in [5.41, 5.74) is 21.3. The van der Waals surface area contributed by atoms with Crippen LogP contribution >= 0.6 is 0 Å². The van der Waals surface area contributed by atoms with E-state index in [-0.39, 0.29) is 108 Å². The molecule has 0 aliphatic carbocycles. The first kappa shape index (κ1) is 84.0. The van der Waals surface area contributed by atoms with Gasteiger partial charge in [-0.05, 0) is 162 Å². The van der Waals surface area contributed by atoms with E-state index in [0.717, 1.165) is 71.4 Å². The Labute approximate surface area is 681 Å². The number of nitrogens with zero attached hydrogens (tertiary/aromatic N) is 11. The van der Waals surface area contributed by atoms with E-state index in [0.29, 0.717) is 103 Å². The number of rotatable bonds is 27. The largest absolute Gasteiger partial charge is 0.508 e. The van der Waals surface area contributed by atoms with Crippen molar-refractivity contribution in [3.05, 3.63) is 242 Å². The van der Waals surface area contributed by atoms with Crippen LogP contribution in [0.4, 0.5) is 0 Å². The van der Waals surface area contributed by atoms with Gasteiger partial charge < -0.3 is 60.8 Å². The molecular weight excluding hydrogens is 1520 g/mol. The molecule has 0 fully saturated rings. The molecule has 0 bridgehead atoms. The molecule has 2 aliphatic rings. The lowest BCUT2D eigenvalue weighted by atomic mass is 9.95. The molecule has 32 heteroatoms. The number of carbonyl (C=O) groups excluding carboxylic acids is 5. The van der Waals surface area contributed by atoms with E-state index in [9.17, 15) is 63.6 Å². The Morgan fingerprint density at radius 1 is 0.454 bits per heavy atom. The Morgan fingerprint density at radius 3 is 1.24 bits per heavy atom. The second-order valence-electron chi connectivity index (χ2n) is 29.5. The van der Waals surface area contributed by atoms with Crippen LogP contribution in [0.3, 0.4) is 0 Å². The second kappa shape index (κ2) is 37.0. The van der Waals surface area contributed by atoms with Gasteiger partial charge in [0, 0.05) is 153 Å². The van der Waals surface area contributed by atoms with Crippen molar-refractivity contribution in [1.82, 2.24) is 73.1 Å². The minimum absolute atomic E-state index is 0.00773. The Morgan fingerprint density at radius 2 is 0.840 bits per heavy atom. The van der Waals surface area contributed by atoms with Gasteiger partial charge in [-0.25, -0.2) is 43.4 Å². The molecule has 0 spiro atoms. The van der Waals surface area contributed by atoms with Crippen molar-refractivity contribution in [3.63, 3.8) is 0 Å². The summed E-state index contributed by atoms with van der Waals surface area (Å²) in [6, 6.07) is 43.0. The van der Waals surface area contributed by atoms with Crippen molar-refractivity contribution in [2.45, 2.75) is 118 Å². The number of H-pyrrole nitrogens is 3. The highest BCUT2D eigenvalue weighted by Gasteiger charge is 2.27. The zero-order valence-electron chi connectivity index (χ0n) is 66.6. The van der Waals surface area contributed by atoms with Crippen LogP contribution in [0.2, 0.25) is 0 Å². The summed E-state index contributed by atoms with van der Waals surface area (Å²) in [7, 11) is 0. The summed E-state index contributed by atoms with van der Waals surface area (Å²) in [6.45, 7) is 18.4. The zero-order chi connectivity index (χ0) is 85.0. The number of nitrogens with two attached hydrogens (primary N) is 2. The monoisotopic (exact) mass is 1620 g/mol. The quantitative estimate of drug-likeness (QED) is 0.0213. The first-order valence-corrected chi connectivity index (χ1v) is 38.8. The number of amides is 5. The molecule has 5 amide bonds. The minimum Gasteiger partial charge on any atom is -0.508 e. The van der Waals surface area contributed by atoms with Gasteiger partial charge in [0.15, 0.2) is 17.5 Å². The number of benzene rings is 7. The first-order valence-electron chi connectivity index (χ1n) is 38.8. The highest BCUT2D eigenvalue weighted by molar-refractivity contribution is 6.13. The SMILES string of the molecule is CC(C)c1cc(-c2n[nH]c(=O)n2-c2ccc3c(ccn3CCN)c2)c(O)cc1O.CC(C)c1cc(-c2n[nH]c(=O)n2-c2ccc3c(ccn3CCNC(=O)CCCN3C(=O)C=CC3=O)c2)c(O)cc1O.Cc1cc(OCc2ccccc2)c(-c2n[nH]c(=O)n2-c2ccc3c(ccn3CCN)c2)cc1C(C)C.O=C(O)CCCN1C(=O)C=CC1=O. The smallest absolute Gasteiger partial charge is 0.348 e. The number of hydrogen-bond donors (Lipinski definition) is 11. The van der Waals surface area contributed by atoms with Gasteiger partial charge in [0.2, 0.25) is 5.91 Å². The van der Waals surface area contributed by atoms with E-state index in [1.807, 2.05) is 154 Å². The number of aliphatic carboxylic acids is 1. The number of hydrogen-bond acceptors (Lipinski definition) is 19. The molecular formula is C87H93N17O15. The van der Waals surface area contributed by atoms with Crippen LogP contribution in [-0.2, 0) is 55.0 Å². The van der Waals surface area contributed by atoms with Gasteiger partial charge in [-0.3, -0.25) is 38.6 Å². The molecule has 0 saturated heterocycles. The number of fused-ring (bicyclic) bond motifs is 3. The summed E-state index contributed by atoms with van der Waals surface area (Å²) in [6.07, 6.45) is 11.5. The van der Waals surface area contributed by atoms with Crippen molar-refractivity contribution in [2.75, 3.05) is 32.7 Å². The van der Waals surface area contributed by atoms with Gasteiger partial charge in [0.1, 0.15) is 35.4 Å². The summed E-state index contributed by atoms with van der Waals surface area (Å²) >= 11 is 0. The third-order valence-corrected chi connectivity index (χ3v) is 20.3. The van der Waals surface area contributed by atoms with Crippen LogP contribution in [-0.4, -0.2) is 162 Å². The van der Waals surface area contributed by atoms with Crippen LogP contribution in [0.5, 0.6) is 28.7 Å². The average molecular weight is 1620 g/mol. The predicted octanol–water partition coefficient (Wildman–Crippen LogP) is 10.1. The van der Waals surface area contributed by atoms with Gasteiger partial charge in [0.05, 0.1) is 33.8 Å². The number of aromatic hydroxyl groups is 4. The topological polar surface area (TPSA) is 450 Å². The highest BCUT2D eigenvalue weighted by atomic mass is 16.5. The normalized spacial score (nSPS) is 12.5. The molecule has 0 saturated carbocycles. The maximum absolute atomic E-state index is 13.0. The Kier molecular flexibility index (Phi) is 26.1. The van der Waals surface area contributed by atoms with Crippen LogP contribution in [0.1, 0.15) is 113 Å². The van der Waals surface area contributed by atoms with Crippen molar-refractivity contribution in [2.24, 2.45) is 11.5 Å². The number of aromatic amines is 3. The lowest BCUT2D eigenvalue weighted by molar-refractivity contribution is -0.140. The standard InChI is InChI=1S/C29H30N6O6.C29H31N5O2.C21H23N5O3.C8H9NO4/c1-17(2)20-15-21(24(37)16-23(20)36)28-31-32-29(41)35(28)19-5-6-22-18(14-19)9-12-33(22)13-10-30-25(38)4-3-11-34-26(39)7-8-27(34)40;1-19(2)24-17-25(27(15-20(24)3)36-18-21-7-5-4-6-8-21)28-31-32-29(35)34(28)23-9-10-26-22(16-23)11-13-33(26)14-12-30;1-12(2)15-10-16(19(28)11-18(15)27)20-23-24-21(29)26(20)14-3-4-17-13(9-14)5-7-25(17)8-6-22;10-6-3-4-7(11)9(6)5-1-2-8(12)13/h5-9,12,14-17,36-37H,3-4,10-11,13H2,1-2H3,(H,30,38)(H,32,41);4-11,13,15-17,19H,12,14,18,30H2,1-3H3,(H,32,35);3-5,7,9-12,27-28H,6,8,22H2,1-2H3,(H,24,29);3-4H,1-2,5H2,(H,12,13). The summed E-state index contributed by atoms with van der Waals surface area (Å²) < 4.78 is 16.9. The Balaban J connectivity index is 0.000000154. The molecule has 0 radical (unpaired) electrons. The molecule has 616 valence electrons. The molecule has 0 unspecified atom stereocenters. The number of phenolic OH excluding ortho intramolecular Hbond substituents is 4. The lowest BCUT2D eigenvalue weighted by Crippen LogP contribution is -2.32. The minimum atomic E-state index is -0.924. The lowest BCUT2D eigenvalue weighted by Gasteiger charge is -2.18. The van der Waals surface area contributed by atoms with Crippen LogP contribution in [0.15, 0.2) is 197 Å². The van der Waals surface area contributed by atoms with E-state index in [2.05, 4.69) is 71.9 Å². The fourth-order valence-corrected chi connectivity index (χ4v) is 14.3. The number of ether oxygens (including phenoxy) is 1. The van der Waals surface area contributed by atoms with Crippen molar-refractivity contribution in [1.29, 1.82) is 0 Å². The first-order chi connectivity index (χ1) is 57.1. The molecule has 2 aliphatic heterocycles. The molecule has 8 heterocycles. The van der Waals surface area contributed by atoms with Crippen molar-refractivity contribution >= 4 is 68.2 Å². The van der Waals surface area contributed by atoms with Crippen LogP contribution < -0.4 is 38.6 Å². The Hall–Kier alpha value is -14.4. The highest BCUT2D eigenvalue weighted by Crippen LogP contribution is 2.41. The summed E-state index contributed by atoms with van der Waals surface area (Å²) in [5, 5.41) is 75.6. The summed E-state index contributed by atoms with van der Waals surface area (Å²) in [4.78, 5) is 108. The molecule has 13 aromatic rings. The number of imide groups is 2. The summed E-state index contributed by atoms with van der Waals surface area (Å²) in [5.74, 6) is -0.878. The van der Waals surface area contributed by atoms with Gasteiger partial charge >= 0.3 is 23.0 Å². The predicted molar refractivity (Wildman–Crippen MR) is 449 cm³/mol. The van der Waals surface area contributed by atoms with Crippen molar-refractivity contribution < 1.29 is 59.0 Å². The van der Waals surface area contributed by atoms with E-state index in [1.54, 1.807) is 22.8 Å². The van der Waals surface area contributed by atoms with Crippen LogP contribution in [0.25, 0.3) is 83.9 Å². The maximum atomic E-state index is 13.0. The Bertz CT molecular complexity index is 6180. The fraction of sp³-hybridized carbons (Fsp3) is 0.264. The number of phenols is 4. The number of aromatic nitrogens is 12. The van der Waals surface area contributed by atoms with Gasteiger partial charge in [-0.1, -0.05) is 71.9 Å². The number of carbonyl (C=O) groups is 6. The molecule has 7 aromatic carbocycles. The molecule has 15 rings (SSSR count). The van der Waals surface area contributed by atoms with Crippen LogP contribution in [0, 0.1) is 6.92 Å². The van der Waals surface area contributed by atoms with Gasteiger partial charge in [0.25, 0.3) is 23.6 Å². The van der Waals surface area contributed by atoms with E-state index < -0.39 is 17.3 Å². The number of aryl methyl sites for hydroxylation is 1. The third-order valence-electron chi connectivity index (χ3n) is 20.3. The number of nitrogens with one attached hydrogen (secondary N) is 4. The average Bonchev–Trinajstić information content (AvgIpc) is 1.68. The molecule has 32 nitrogen and oxygen atoms in total. The van der Waals surface area contributed by atoms with Gasteiger partial charge in [-0.15, -0.1) is 0 Å². The van der Waals surface area contributed by atoms with E-state index >= 15 is 0 Å². The number of carboxylic acids is 1. The van der Waals surface area contributed by atoms with E-state index in [4.69, 9.17) is 21.3 Å². The molecule has 119 heavy (non-hydrogen) atoms. The van der Waals surface area contributed by atoms with E-state index in [1.165, 1.54) is 51.1 Å². The van der Waals surface area contributed by atoms with Gasteiger partial charge in [-0.2, -0.15) is 15.3 Å². The zero-order valence-corrected chi connectivity index (χ0v) is 66.6.